The summed E-state index contributed by atoms with van der Waals surface area (Å²) in [5, 5.41) is 4.45. The third-order valence-corrected chi connectivity index (χ3v) is 5.58. The van der Waals surface area contributed by atoms with Crippen LogP contribution in [-0.2, 0) is 4.79 Å². The molecule has 0 spiro atoms. The van der Waals surface area contributed by atoms with Crippen molar-refractivity contribution in [1.82, 2.24) is 9.97 Å². The Labute approximate surface area is 137 Å². The van der Waals surface area contributed by atoms with Crippen molar-refractivity contribution in [1.29, 1.82) is 0 Å². The van der Waals surface area contributed by atoms with E-state index in [0.29, 0.717) is 10.8 Å². The maximum Gasteiger partial charge on any atom is 0.228 e. The average molecular weight is 337 g/mol. The summed E-state index contributed by atoms with van der Waals surface area (Å²) in [6.07, 6.45) is 7.22. The van der Waals surface area contributed by atoms with E-state index in [0.717, 1.165) is 41.3 Å². The molecule has 0 radical (unpaired) electrons. The molecule has 2 aromatic rings. The highest BCUT2D eigenvalue weighted by Gasteiger charge is 2.30. The molecule has 2 fully saturated rings. The first-order chi connectivity index (χ1) is 10.7. The van der Waals surface area contributed by atoms with Gasteiger partial charge in [0.1, 0.15) is 10.2 Å². The van der Waals surface area contributed by atoms with Crippen molar-refractivity contribution in [2.75, 3.05) is 23.3 Å². The number of aromatic nitrogens is 2. The molecule has 0 atom stereocenters. The Morgan fingerprint density at radius 1 is 1.32 bits per heavy atom. The number of nitrogens with zero attached hydrogens (tertiary/aromatic N) is 3. The van der Waals surface area contributed by atoms with Gasteiger partial charge in [-0.2, -0.15) is 0 Å². The number of thiazole rings is 1. The second kappa shape index (κ2) is 5.66. The summed E-state index contributed by atoms with van der Waals surface area (Å²) in [4.78, 5) is 23.3. The first-order valence-corrected chi connectivity index (χ1v) is 8.92. The molecule has 1 amide bonds. The highest BCUT2D eigenvalue weighted by Crippen LogP contribution is 2.38. The minimum atomic E-state index is 0.0593. The van der Waals surface area contributed by atoms with Crippen molar-refractivity contribution in [2.45, 2.75) is 32.1 Å². The van der Waals surface area contributed by atoms with Crippen LogP contribution >= 0.6 is 22.9 Å². The molecule has 1 saturated heterocycles. The van der Waals surface area contributed by atoms with Gasteiger partial charge < -0.3 is 10.2 Å². The number of piperidine rings is 1. The number of halogens is 1. The van der Waals surface area contributed by atoms with Crippen LogP contribution < -0.4 is 10.2 Å². The van der Waals surface area contributed by atoms with Gasteiger partial charge in [0.05, 0.1) is 11.2 Å². The maximum atomic E-state index is 12.0. The predicted octanol–water partition coefficient (Wildman–Crippen LogP) is 3.68. The number of pyridine rings is 1. The van der Waals surface area contributed by atoms with Crippen molar-refractivity contribution in [3.05, 3.63) is 11.2 Å². The van der Waals surface area contributed by atoms with Crippen LogP contribution in [0.3, 0.4) is 0 Å². The molecular weight excluding hydrogens is 320 g/mol. The van der Waals surface area contributed by atoms with Gasteiger partial charge in [0.25, 0.3) is 0 Å². The molecule has 0 aromatic carbocycles. The van der Waals surface area contributed by atoms with E-state index in [2.05, 4.69) is 20.2 Å². The van der Waals surface area contributed by atoms with Crippen LogP contribution in [0.1, 0.15) is 32.1 Å². The standard InChI is InChI=1S/C15H17ClN4OS/c16-10-8-17-13(19-14(21)9-4-5-9)12-11(10)18-15(22-12)20-6-2-1-3-7-20/h8-9H,1-7H2,(H,17,19,21). The number of rotatable bonds is 3. The topological polar surface area (TPSA) is 58.1 Å². The SMILES string of the molecule is O=C(Nc1ncc(Cl)c2nc(N3CCCCC3)sc12)C1CC1. The minimum absolute atomic E-state index is 0.0593. The number of hydrogen-bond acceptors (Lipinski definition) is 5. The molecule has 7 heteroatoms. The van der Waals surface area contributed by atoms with Crippen LogP contribution in [0.25, 0.3) is 10.2 Å². The van der Waals surface area contributed by atoms with Crippen LogP contribution in [0.4, 0.5) is 10.9 Å². The zero-order valence-electron chi connectivity index (χ0n) is 12.1. The van der Waals surface area contributed by atoms with Crippen LogP contribution in [-0.4, -0.2) is 29.0 Å². The summed E-state index contributed by atoms with van der Waals surface area (Å²) in [5.74, 6) is 0.808. The predicted molar refractivity (Wildman–Crippen MR) is 89.8 cm³/mol. The second-order valence-corrected chi connectivity index (χ2v) is 7.32. The summed E-state index contributed by atoms with van der Waals surface area (Å²) in [6.45, 7) is 2.07. The van der Waals surface area contributed by atoms with E-state index in [9.17, 15) is 4.79 Å². The van der Waals surface area contributed by atoms with Gasteiger partial charge in [-0.1, -0.05) is 22.9 Å². The number of carbonyl (C=O) groups excluding carboxylic acids is 1. The second-order valence-electron chi connectivity index (χ2n) is 5.94. The van der Waals surface area contributed by atoms with Crippen molar-refractivity contribution in [3.63, 3.8) is 0 Å². The molecule has 2 aliphatic rings. The fourth-order valence-corrected chi connectivity index (χ4v) is 4.07. The molecule has 2 aromatic heterocycles. The summed E-state index contributed by atoms with van der Waals surface area (Å²) >= 11 is 7.82. The fraction of sp³-hybridized carbons (Fsp3) is 0.533. The van der Waals surface area contributed by atoms with E-state index in [1.54, 1.807) is 17.5 Å². The summed E-state index contributed by atoms with van der Waals surface area (Å²) in [6, 6.07) is 0. The van der Waals surface area contributed by atoms with Crippen LogP contribution in [0.5, 0.6) is 0 Å². The van der Waals surface area contributed by atoms with Crippen molar-refractivity contribution < 1.29 is 4.79 Å². The molecule has 0 bridgehead atoms. The average Bonchev–Trinajstić information content (AvgIpc) is 3.29. The third-order valence-electron chi connectivity index (χ3n) is 4.18. The van der Waals surface area contributed by atoms with Gasteiger partial charge >= 0.3 is 0 Å². The molecule has 1 N–H and O–H groups in total. The van der Waals surface area contributed by atoms with E-state index >= 15 is 0 Å². The molecule has 1 aliphatic heterocycles. The molecule has 3 heterocycles. The number of fused-ring (bicyclic) bond motifs is 1. The number of carbonyl (C=O) groups is 1. The number of amides is 1. The summed E-state index contributed by atoms with van der Waals surface area (Å²) < 4.78 is 0.877. The molecule has 22 heavy (non-hydrogen) atoms. The molecule has 1 aliphatic carbocycles. The van der Waals surface area contributed by atoms with Crippen LogP contribution in [0.2, 0.25) is 5.02 Å². The van der Waals surface area contributed by atoms with E-state index in [-0.39, 0.29) is 11.8 Å². The van der Waals surface area contributed by atoms with Crippen LogP contribution in [0.15, 0.2) is 6.20 Å². The van der Waals surface area contributed by atoms with Gasteiger partial charge in [-0.25, -0.2) is 9.97 Å². The van der Waals surface area contributed by atoms with E-state index in [4.69, 9.17) is 11.6 Å². The number of nitrogens with one attached hydrogen (secondary N) is 1. The Morgan fingerprint density at radius 2 is 2.09 bits per heavy atom. The lowest BCUT2D eigenvalue weighted by molar-refractivity contribution is -0.117. The first kappa shape index (κ1) is 14.2. The monoisotopic (exact) mass is 336 g/mol. The first-order valence-electron chi connectivity index (χ1n) is 7.73. The van der Waals surface area contributed by atoms with Crippen molar-refractivity contribution in [3.8, 4) is 0 Å². The van der Waals surface area contributed by atoms with E-state index in [1.165, 1.54) is 19.3 Å². The Kier molecular flexibility index (Phi) is 3.66. The third kappa shape index (κ3) is 2.65. The van der Waals surface area contributed by atoms with Gasteiger partial charge in [-0.15, -0.1) is 0 Å². The summed E-state index contributed by atoms with van der Waals surface area (Å²) in [7, 11) is 0. The Morgan fingerprint density at radius 3 is 2.82 bits per heavy atom. The highest BCUT2D eigenvalue weighted by atomic mass is 35.5. The minimum Gasteiger partial charge on any atom is -0.348 e. The van der Waals surface area contributed by atoms with Crippen LogP contribution in [0, 0.1) is 5.92 Å². The highest BCUT2D eigenvalue weighted by molar-refractivity contribution is 7.22. The van der Waals surface area contributed by atoms with Gasteiger partial charge in [0.2, 0.25) is 5.91 Å². The number of anilines is 2. The molecule has 4 rings (SSSR count). The molecule has 0 unspecified atom stereocenters. The van der Waals surface area contributed by atoms with Crippen molar-refractivity contribution in [2.24, 2.45) is 5.92 Å². The molecule has 5 nitrogen and oxygen atoms in total. The van der Waals surface area contributed by atoms with E-state index < -0.39 is 0 Å². The Hall–Kier alpha value is -1.40. The Bertz CT molecular complexity index is 722. The molecular formula is C15H17ClN4OS. The zero-order chi connectivity index (χ0) is 15.1. The lowest BCUT2D eigenvalue weighted by atomic mass is 10.1. The fourth-order valence-electron chi connectivity index (χ4n) is 2.75. The quantitative estimate of drug-likeness (QED) is 0.928. The largest absolute Gasteiger partial charge is 0.348 e. The number of hydrogen-bond donors (Lipinski definition) is 1. The van der Waals surface area contributed by atoms with Gasteiger partial charge in [-0.3, -0.25) is 4.79 Å². The summed E-state index contributed by atoms with van der Waals surface area (Å²) in [5.41, 5.74) is 0.744. The smallest absolute Gasteiger partial charge is 0.228 e. The van der Waals surface area contributed by atoms with E-state index in [1.807, 2.05) is 0 Å². The Balaban J connectivity index is 1.69. The maximum absolute atomic E-state index is 12.0. The van der Waals surface area contributed by atoms with Crippen molar-refractivity contribution >= 4 is 50.0 Å². The molecule has 116 valence electrons. The zero-order valence-corrected chi connectivity index (χ0v) is 13.7. The molecule has 1 saturated carbocycles. The van der Waals surface area contributed by atoms with Gasteiger partial charge in [0, 0.05) is 19.0 Å². The lowest BCUT2D eigenvalue weighted by Gasteiger charge is -2.25. The normalized spacial score (nSPS) is 18.7. The van der Waals surface area contributed by atoms with Gasteiger partial charge in [0.15, 0.2) is 10.9 Å². The lowest BCUT2D eigenvalue weighted by Crippen LogP contribution is -2.29. The van der Waals surface area contributed by atoms with Gasteiger partial charge in [-0.05, 0) is 32.1 Å².